The summed E-state index contributed by atoms with van der Waals surface area (Å²) in [6, 6.07) is 5.70. The number of nitrogens with zero attached hydrogens (tertiary/aromatic N) is 2. The van der Waals surface area contributed by atoms with Gasteiger partial charge in [-0.15, -0.1) is 5.10 Å². The predicted octanol–water partition coefficient (Wildman–Crippen LogP) is 0.978. The summed E-state index contributed by atoms with van der Waals surface area (Å²) < 4.78 is 1.08. The third-order valence-corrected chi connectivity index (χ3v) is 2.61. The molecule has 2 aromatic rings. The van der Waals surface area contributed by atoms with E-state index in [1.165, 1.54) is 7.05 Å². The molecule has 0 aliphatic carbocycles. The molecule has 0 radical (unpaired) electrons. The molecule has 0 atom stereocenters. The van der Waals surface area contributed by atoms with E-state index in [2.05, 4.69) is 15.4 Å². The van der Waals surface area contributed by atoms with Crippen molar-refractivity contribution in [3.8, 4) is 0 Å². The Bertz CT molecular complexity index is 654. The third-order valence-electron chi connectivity index (χ3n) is 2.61. The number of hydrogen-bond acceptors (Lipinski definition) is 3. The SMILES string of the molecule is Cc1ccc(NC(=O)c2nn(C)c(=O)[nH]2)c(C)c1. The highest BCUT2D eigenvalue weighted by molar-refractivity contribution is 6.01. The minimum absolute atomic E-state index is 0.00229. The number of carbonyl (C=O) groups is 1. The van der Waals surface area contributed by atoms with Gasteiger partial charge in [0.05, 0.1) is 0 Å². The van der Waals surface area contributed by atoms with Crippen LogP contribution in [0.15, 0.2) is 23.0 Å². The largest absolute Gasteiger partial charge is 0.343 e. The molecule has 0 spiro atoms. The van der Waals surface area contributed by atoms with Crippen LogP contribution < -0.4 is 11.0 Å². The van der Waals surface area contributed by atoms with Crippen LogP contribution in [0.3, 0.4) is 0 Å². The number of H-pyrrole nitrogens is 1. The summed E-state index contributed by atoms with van der Waals surface area (Å²) in [7, 11) is 1.48. The first-order valence-corrected chi connectivity index (χ1v) is 5.49. The fourth-order valence-electron chi connectivity index (χ4n) is 1.64. The highest BCUT2D eigenvalue weighted by atomic mass is 16.2. The summed E-state index contributed by atoms with van der Waals surface area (Å²) in [6.07, 6.45) is 0. The molecule has 18 heavy (non-hydrogen) atoms. The third kappa shape index (κ3) is 2.32. The molecule has 0 saturated carbocycles. The van der Waals surface area contributed by atoms with Gasteiger partial charge in [-0.3, -0.25) is 9.78 Å². The molecule has 0 fully saturated rings. The smallest absolute Gasteiger partial charge is 0.319 e. The highest BCUT2D eigenvalue weighted by Gasteiger charge is 2.12. The molecule has 0 aliphatic heterocycles. The number of carbonyl (C=O) groups excluding carboxylic acids is 1. The van der Waals surface area contributed by atoms with Crippen LogP contribution in [-0.4, -0.2) is 20.7 Å². The molecule has 0 aliphatic rings. The molecule has 0 unspecified atom stereocenters. The topological polar surface area (TPSA) is 79.8 Å². The Morgan fingerprint density at radius 3 is 2.67 bits per heavy atom. The average Bonchev–Trinajstić information content (AvgIpc) is 2.63. The first-order valence-electron chi connectivity index (χ1n) is 5.49. The Kier molecular flexibility index (Phi) is 3.01. The fourth-order valence-corrected chi connectivity index (χ4v) is 1.64. The predicted molar refractivity (Wildman–Crippen MR) is 67.7 cm³/mol. The molecular formula is C12H14N4O2. The lowest BCUT2D eigenvalue weighted by molar-refractivity contribution is 0.101. The van der Waals surface area contributed by atoms with E-state index >= 15 is 0 Å². The van der Waals surface area contributed by atoms with Gasteiger partial charge in [0.15, 0.2) is 0 Å². The summed E-state index contributed by atoms with van der Waals surface area (Å²) in [5.74, 6) is -0.429. The number of anilines is 1. The van der Waals surface area contributed by atoms with Gasteiger partial charge in [-0.25, -0.2) is 9.48 Å². The lowest BCUT2D eigenvalue weighted by atomic mass is 10.1. The molecule has 1 aromatic carbocycles. The Balaban J connectivity index is 2.23. The first kappa shape index (κ1) is 12.1. The monoisotopic (exact) mass is 246 g/mol. The molecule has 1 aromatic heterocycles. The maximum Gasteiger partial charge on any atom is 0.343 e. The Hall–Kier alpha value is -2.37. The van der Waals surface area contributed by atoms with Gasteiger partial charge in [0.1, 0.15) is 0 Å². The van der Waals surface area contributed by atoms with Crippen molar-refractivity contribution in [2.24, 2.45) is 7.05 Å². The standard InChI is InChI=1S/C12H14N4O2/c1-7-4-5-9(8(2)6-7)13-11(17)10-14-12(18)16(3)15-10/h4-6H,1-3H3,(H,13,17)(H,14,15,18). The lowest BCUT2D eigenvalue weighted by Gasteiger charge is -2.07. The van der Waals surface area contributed by atoms with Crippen LogP contribution in [-0.2, 0) is 7.05 Å². The van der Waals surface area contributed by atoms with E-state index in [0.717, 1.165) is 15.8 Å². The van der Waals surface area contributed by atoms with E-state index in [9.17, 15) is 9.59 Å². The molecule has 2 rings (SSSR count). The van der Waals surface area contributed by atoms with Crippen LogP contribution in [0.4, 0.5) is 5.69 Å². The van der Waals surface area contributed by atoms with Crippen molar-refractivity contribution in [1.82, 2.24) is 14.8 Å². The van der Waals surface area contributed by atoms with Crippen molar-refractivity contribution < 1.29 is 4.79 Å². The van der Waals surface area contributed by atoms with E-state index in [1.807, 2.05) is 32.0 Å². The van der Waals surface area contributed by atoms with Gasteiger partial charge in [-0.2, -0.15) is 0 Å². The van der Waals surface area contributed by atoms with Gasteiger partial charge in [0.25, 0.3) is 5.91 Å². The average molecular weight is 246 g/mol. The fraction of sp³-hybridized carbons (Fsp3) is 0.250. The molecular weight excluding hydrogens is 232 g/mol. The van der Waals surface area contributed by atoms with E-state index in [0.29, 0.717) is 5.69 Å². The summed E-state index contributed by atoms with van der Waals surface area (Å²) >= 11 is 0. The number of aromatic nitrogens is 3. The van der Waals surface area contributed by atoms with Crippen LogP contribution in [0.5, 0.6) is 0 Å². The number of aromatic amines is 1. The summed E-state index contributed by atoms with van der Waals surface area (Å²) in [4.78, 5) is 25.4. The summed E-state index contributed by atoms with van der Waals surface area (Å²) in [5, 5.41) is 6.50. The van der Waals surface area contributed by atoms with Gasteiger partial charge < -0.3 is 5.32 Å². The molecule has 6 nitrogen and oxygen atoms in total. The van der Waals surface area contributed by atoms with Gasteiger partial charge >= 0.3 is 5.69 Å². The van der Waals surface area contributed by atoms with Gasteiger partial charge in [-0.05, 0) is 25.5 Å². The number of rotatable bonds is 2. The van der Waals surface area contributed by atoms with Crippen molar-refractivity contribution in [3.63, 3.8) is 0 Å². The van der Waals surface area contributed by atoms with E-state index in [4.69, 9.17) is 0 Å². The number of aryl methyl sites for hydroxylation is 3. The van der Waals surface area contributed by atoms with Crippen LogP contribution in [0.2, 0.25) is 0 Å². The molecule has 2 N–H and O–H groups in total. The maximum atomic E-state index is 11.9. The van der Waals surface area contributed by atoms with Crippen LogP contribution >= 0.6 is 0 Å². The summed E-state index contributed by atoms with van der Waals surface area (Å²) in [5.41, 5.74) is 2.37. The molecule has 1 amide bonds. The van der Waals surface area contributed by atoms with Gasteiger partial charge in [0, 0.05) is 12.7 Å². The minimum atomic E-state index is -0.431. The van der Waals surface area contributed by atoms with E-state index < -0.39 is 11.6 Å². The number of amides is 1. The van der Waals surface area contributed by atoms with Crippen molar-refractivity contribution in [2.45, 2.75) is 13.8 Å². The number of hydrogen-bond donors (Lipinski definition) is 2. The lowest BCUT2D eigenvalue weighted by Crippen LogP contribution is -2.15. The molecule has 0 saturated heterocycles. The first-order chi connectivity index (χ1) is 8.47. The second-order valence-electron chi connectivity index (χ2n) is 4.17. The maximum absolute atomic E-state index is 11.9. The molecule has 6 heteroatoms. The summed E-state index contributed by atoms with van der Waals surface area (Å²) in [6.45, 7) is 3.89. The Morgan fingerprint density at radius 2 is 2.11 bits per heavy atom. The van der Waals surface area contributed by atoms with Crippen molar-refractivity contribution in [2.75, 3.05) is 5.32 Å². The second-order valence-corrected chi connectivity index (χ2v) is 4.17. The second kappa shape index (κ2) is 4.48. The zero-order valence-electron chi connectivity index (χ0n) is 10.4. The zero-order valence-corrected chi connectivity index (χ0v) is 10.4. The highest BCUT2D eigenvalue weighted by Crippen LogP contribution is 2.16. The number of nitrogens with one attached hydrogen (secondary N) is 2. The normalized spacial score (nSPS) is 10.4. The molecule has 94 valence electrons. The van der Waals surface area contributed by atoms with Gasteiger partial charge in [0.2, 0.25) is 5.82 Å². The molecule has 1 heterocycles. The van der Waals surface area contributed by atoms with Gasteiger partial charge in [-0.1, -0.05) is 17.7 Å². The van der Waals surface area contributed by atoms with Crippen LogP contribution in [0.1, 0.15) is 21.7 Å². The number of benzene rings is 1. The Labute approximate surface area is 104 Å². The molecule has 0 bridgehead atoms. The van der Waals surface area contributed by atoms with Crippen molar-refractivity contribution in [1.29, 1.82) is 0 Å². The Morgan fingerprint density at radius 1 is 1.39 bits per heavy atom. The quantitative estimate of drug-likeness (QED) is 0.828. The minimum Gasteiger partial charge on any atom is -0.319 e. The van der Waals surface area contributed by atoms with Crippen LogP contribution in [0.25, 0.3) is 0 Å². The van der Waals surface area contributed by atoms with E-state index in [-0.39, 0.29) is 5.82 Å². The van der Waals surface area contributed by atoms with Crippen molar-refractivity contribution >= 4 is 11.6 Å². The van der Waals surface area contributed by atoms with E-state index in [1.54, 1.807) is 0 Å². The van der Waals surface area contributed by atoms with Crippen molar-refractivity contribution in [3.05, 3.63) is 45.6 Å². The zero-order chi connectivity index (χ0) is 13.3. The van der Waals surface area contributed by atoms with Crippen LogP contribution in [0, 0.1) is 13.8 Å².